The zero-order valence-corrected chi connectivity index (χ0v) is 24.8. The van der Waals surface area contributed by atoms with Crippen LogP contribution in [0.2, 0.25) is 0 Å². The number of carbonyl (C=O) groups is 1. The van der Waals surface area contributed by atoms with Crippen molar-refractivity contribution in [3.63, 3.8) is 0 Å². The summed E-state index contributed by atoms with van der Waals surface area (Å²) in [5, 5.41) is 0. The van der Waals surface area contributed by atoms with Crippen molar-refractivity contribution in [1.29, 1.82) is 0 Å². The second-order valence-electron chi connectivity index (χ2n) is 10.9. The highest BCUT2D eigenvalue weighted by atomic mass is 19.1. The lowest BCUT2D eigenvalue weighted by Gasteiger charge is -2.38. The second kappa shape index (κ2) is 14.2. The first-order chi connectivity index (χ1) is 20.9. The van der Waals surface area contributed by atoms with Gasteiger partial charge in [-0.25, -0.2) is 23.7 Å². The van der Waals surface area contributed by atoms with Crippen LogP contribution in [0, 0.1) is 5.82 Å². The van der Waals surface area contributed by atoms with Crippen molar-refractivity contribution in [2.45, 2.75) is 64.8 Å². The largest absolute Gasteiger partial charge is 0.510 e. The molecule has 2 aromatic heterocycles. The van der Waals surface area contributed by atoms with E-state index >= 15 is 0 Å². The highest BCUT2D eigenvalue weighted by Crippen LogP contribution is 2.28. The molecule has 5 rings (SSSR count). The highest BCUT2D eigenvalue weighted by molar-refractivity contribution is 5.79. The van der Waals surface area contributed by atoms with Gasteiger partial charge in [-0.05, 0) is 49.1 Å². The van der Waals surface area contributed by atoms with Gasteiger partial charge < -0.3 is 23.8 Å². The number of anilines is 2. The number of ether oxygens (including phenoxy) is 2. The maximum atomic E-state index is 13.5. The van der Waals surface area contributed by atoms with Crippen molar-refractivity contribution in [3.05, 3.63) is 82.5 Å². The number of rotatable bonds is 12. The van der Waals surface area contributed by atoms with Crippen LogP contribution in [0.15, 0.2) is 65.6 Å². The van der Waals surface area contributed by atoms with Gasteiger partial charge in [0.2, 0.25) is 11.9 Å². The van der Waals surface area contributed by atoms with Crippen molar-refractivity contribution < 1.29 is 18.7 Å². The van der Waals surface area contributed by atoms with Crippen LogP contribution in [0.1, 0.15) is 51.0 Å². The van der Waals surface area contributed by atoms with Gasteiger partial charge in [0, 0.05) is 38.4 Å². The van der Waals surface area contributed by atoms with Crippen molar-refractivity contribution >= 4 is 29.1 Å². The Hall–Kier alpha value is -4.41. The topological polar surface area (TPSA) is 94.7 Å². The first-order valence-electron chi connectivity index (χ1n) is 15.0. The molecular weight excluding hydrogens is 551 g/mol. The lowest BCUT2D eigenvalue weighted by Crippen LogP contribution is -2.46. The van der Waals surface area contributed by atoms with E-state index in [2.05, 4.69) is 27.4 Å². The van der Waals surface area contributed by atoms with Crippen molar-refractivity contribution in [1.82, 2.24) is 19.1 Å². The van der Waals surface area contributed by atoms with Gasteiger partial charge in [-0.3, -0.25) is 4.79 Å². The molecule has 1 aliphatic heterocycles. The number of halogens is 1. The van der Waals surface area contributed by atoms with E-state index in [1.165, 1.54) is 29.0 Å². The van der Waals surface area contributed by atoms with Crippen LogP contribution in [0.25, 0.3) is 11.0 Å². The van der Waals surface area contributed by atoms with Crippen LogP contribution in [-0.4, -0.2) is 58.0 Å². The minimum Gasteiger partial charge on any atom is -0.434 e. The third kappa shape index (κ3) is 7.33. The summed E-state index contributed by atoms with van der Waals surface area (Å²) in [5.41, 5.74) is 2.63. The van der Waals surface area contributed by atoms with E-state index in [-0.39, 0.29) is 24.1 Å². The van der Waals surface area contributed by atoms with Crippen molar-refractivity contribution in [2.75, 3.05) is 36.5 Å². The number of benzene rings is 2. The van der Waals surface area contributed by atoms with Gasteiger partial charge in [0.1, 0.15) is 5.82 Å². The fourth-order valence-electron chi connectivity index (χ4n) is 5.52. The number of carbonyl (C=O) groups excluding carboxylic acids is 1. The number of nitrogens with zero attached hydrogens (tertiary/aromatic N) is 6. The Bertz CT molecular complexity index is 1560. The molecule has 1 saturated heterocycles. The van der Waals surface area contributed by atoms with Gasteiger partial charge in [-0.2, -0.15) is 0 Å². The number of fused-ring (bicyclic) bond motifs is 1. The first-order valence-corrected chi connectivity index (χ1v) is 15.0. The van der Waals surface area contributed by atoms with Crippen LogP contribution in [0.5, 0.6) is 0 Å². The van der Waals surface area contributed by atoms with Gasteiger partial charge >= 0.3 is 6.16 Å². The molecule has 11 heteroatoms. The average molecular weight is 591 g/mol. The van der Waals surface area contributed by atoms with Crippen molar-refractivity contribution in [2.24, 2.45) is 0 Å². The number of piperidine rings is 1. The number of imidazole rings is 1. The number of hydrogen-bond donors (Lipinski definition) is 0. The van der Waals surface area contributed by atoms with Crippen LogP contribution in [0.4, 0.5) is 21.1 Å². The highest BCUT2D eigenvalue weighted by Gasteiger charge is 2.28. The molecule has 1 aliphatic rings. The molecule has 0 radical (unpaired) electrons. The van der Waals surface area contributed by atoms with E-state index in [0.29, 0.717) is 19.1 Å². The van der Waals surface area contributed by atoms with E-state index in [9.17, 15) is 14.0 Å². The molecule has 0 spiro atoms. The Kier molecular flexibility index (Phi) is 9.91. The normalized spacial score (nSPS) is 13.8. The van der Waals surface area contributed by atoms with E-state index in [4.69, 9.17) is 14.5 Å². The summed E-state index contributed by atoms with van der Waals surface area (Å²) in [4.78, 5) is 38.5. The molecule has 0 unspecified atom stereocenters. The van der Waals surface area contributed by atoms with Crippen LogP contribution < -0.4 is 15.4 Å². The molecule has 0 bridgehead atoms. The summed E-state index contributed by atoms with van der Waals surface area (Å²) in [6.45, 7) is 4.22. The van der Waals surface area contributed by atoms with E-state index in [0.717, 1.165) is 74.2 Å². The molecule has 1 fully saturated rings. The first kappa shape index (κ1) is 30.1. The molecule has 3 heterocycles. The monoisotopic (exact) mass is 590 g/mol. The molecule has 0 amide bonds. The SMILES string of the molecule is CCCCCCOC(=O)OCn1c(N(C)C2CCN(c3nc4ccccc4n3Cc3ccc(F)cc3)CC2)nccc1=O. The van der Waals surface area contributed by atoms with E-state index in [1.54, 1.807) is 12.1 Å². The van der Waals surface area contributed by atoms with Gasteiger partial charge in [0.15, 0.2) is 6.73 Å². The molecule has 10 nitrogen and oxygen atoms in total. The molecule has 228 valence electrons. The number of unbranched alkanes of at least 4 members (excludes halogenated alkanes) is 3. The quantitative estimate of drug-likeness (QED) is 0.156. The zero-order valence-electron chi connectivity index (χ0n) is 24.8. The van der Waals surface area contributed by atoms with Crippen LogP contribution in [0.3, 0.4) is 0 Å². The van der Waals surface area contributed by atoms with Crippen LogP contribution >= 0.6 is 0 Å². The molecule has 4 aromatic rings. The summed E-state index contributed by atoms with van der Waals surface area (Å²) >= 11 is 0. The standard InChI is InChI=1S/C32H39FN6O4/c1-3-4-5-8-21-42-32(41)43-23-39-29(40)15-18-34-30(39)36(2)26-16-19-37(20-17-26)31-35-27-9-6-7-10-28(27)38(31)22-24-11-13-25(33)14-12-24/h6-7,9-15,18,26H,3-5,8,16-17,19-23H2,1-2H3. The lowest BCUT2D eigenvalue weighted by molar-refractivity contribution is 0.0320. The van der Waals surface area contributed by atoms with Crippen LogP contribution in [-0.2, 0) is 22.7 Å². The third-order valence-corrected chi connectivity index (χ3v) is 7.94. The van der Waals surface area contributed by atoms with Gasteiger partial charge in [0.05, 0.1) is 24.2 Å². The Labute approximate surface area is 250 Å². The van der Waals surface area contributed by atoms with Gasteiger partial charge in [0.25, 0.3) is 5.56 Å². The van der Waals surface area contributed by atoms with Gasteiger partial charge in [-0.15, -0.1) is 0 Å². The average Bonchev–Trinajstić information content (AvgIpc) is 3.39. The Morgan fingerprint density at radius 3 is 2.53 bits per heavy atom. The molecular formula is C32H39FN6O4. The summed E-state index contributed by atoms with van der Waals surface area (Å²) in [6, 6.07) is 16.1. The molecule has 0 aliphatic carbocycles. The third-order valence-electron chi connectivity index (χ3n) is 7.94. The maximum absolute atomic E-state index is 13.5. The minimum atomic E-state index is -0.794. The number of aromatic nitrogens is 4. The lowest BCUT2D eigenvalue weighted by atomic mass is 10.0. The fraction of sp³-hybridized carbons (Fsp3) is 0.438. The fourth-order valence-corrected chi connectivity index (χ4v) is 5.52. The molecule has 0 N–H and O–H groups in total. The Balaban J connectivity index is 1.24. The maximum Gasteiger partial charge on any atom is 0.510 e. The second-order valence-corrected chi connectivity index (χ2v) is 10.9. The van der Waals surface area contributed by atoms with E-state index in [1.807, 2.05) is 30.1 Å². The van der Waals surface area contributed by atoms with Gasteiger partial charge in [-0.1, -0.05) is 50.5 Å². The van der Waals surface area contributed by atoms with E-state index < -0.39 is 6.16 Å². The smallest absolute Gasteiger partial charge is 0.434 e. The Morgan fingerprint density at radius 2 is 1.77 bits per heavy atom. The zero-order chi connectivity index (χ0) is 30.2. The number of para-hydroxylation sites is 2. The molecule has 0 saturated carbocycles. The Morgan fingerprint density at radius 1 is 1.00 bits per heavy atom. The predicted octanol–water partition coefficient (Wildman–Crippen LogP) is 5.58. The molecule has 0 atom stereocenters. The summed E-state index contributed by atoms with van der Waals surface area (Å²) < 4.78 is 27.5. The minimum absolute atomic E-state index is 0.109. The summed E-state index contributed by atoms with van der Waals surface area (Å²) in [7, 11) is 1.91. The van der Waals surface area contributed by atoms with Crippen molar-refractivity contribution in [3.8, 4) is 0 Å². The summed E-state index contributed by atoms with van der Waals surface area (Å²) in [5.74, 6) is 1.06. The molecule has 43 heavy (non-hydrogen) atoms. The predicted molar refractivity (Wildman–Crippen MR) is 164 cm³/mol. The molecule has 2 aromatic carbocycles. The number of hydrogen-bond acceptors (Lipinski definition) is 8. The summed E-state index contributed by atoms with van der Waals surface area (Å²) in [6.07, 6.45) is 6.26.